The summed E-state index contributed by atoms with van der Waals surface area (Å²) in [7, 11) is 0. The number of benzene rings is 3. The van der Waals surface area contributed by atoms with E-state index in [1.54, 1.807) is 24.3 Å². The molecule has 0 aliphatic carbocycles. The van der Waals surface area contributed by atoms with Crippen LogP contribution >= 0.6 is 24.0 Å². The fourth-order valence-electron chi connectivity index (χ4n) is 4.60. The average Bonchev–Trinajstić information content (AvgIpc) is 3.11. The van der Waals surface area contributed by atoms with Crippen molar-refractivity contribution in [3.63, 3.8) is 0 Å². The van der Waals surface area contributed by atoms with E-state index in [4.69, 9.17) is 22.1 Å². The number of hydrogen-bond acceptors (Lipinski definition) is 5. The zero-order chi connectivity index (χ0) is 25.9. The van der Waals surface area contributed by atoms with E-state index >= 15 is 0 Å². The van der Waals surface area contributed by atoms with Crippen molar-refractivity contribution < 1.29 is 19.4 Å². The Kier molecular flexibility index (Phi) is 9.21. The number of halogens is 2. The molecule has 2 amide bonds. The highest BCUT2D eigenvalue weighted by molar-refractivity contribution is 6.34. The highest BCUT2D eigenvalue weighted by Crippen LogP contribution is 2.50. The van der Waals surface area contributed by atoms with Gasteiger partial charge in [-0.1, -0.05) is 74.0 Å². The fraction of sp³-hybridized carbons (Fsp3) is 0.286. The number of amides is 2. The molecular formula is C28H31Cl2N3O4. The van der Waals surface area contributed by atoms with E-state index in [1.165, 1.54) is 17.0 Å². The van der Waals surface area contributed by atoms with Crippen LogP contribution in [0, 0.1) is 0 Å². The summed E-state index contributed by atoms with van der Waals surface area (Å²) >= 11 is 6.63. The molecule has 0 fully saturated rings. The molecule has 9 heteroatoms. The number of nitrogens with two attached hydrogens (primary N) is 1. The number of nitrogens with zero attached hydrogens (tertiary/aromatic N) is 2. The highest BCUT2D eigenvalue weighted by Gasteiger charge is 2.54. The van der Waals surface area contributed by atoms with Gasteiger partial charge in [0.25, 0.3) is 5.91 Å². The molecule has 1 aliphatic rings. The number of fused-ring (bicyclic) bond motifs is 1. The first-order valence-corrected chi connectivity index (χ1v) is 12.4. The van der Waals surface area contributed by atoms with Gasteiger partial charge in [0.05, 0.1) is 10.7 Å². The van der Waals surface area contributed by atoms with Gasteiger partial charge in [0, 0.05) is 29.8 Å². The van der Waals surface area contributed by atoms with Gasteiger partial charge >= 0.3 is 0 Å². The molecule has 0 saturated carbocycles. The quantitative estimate of drug-likeness (QED) is 0.396. The predicted octanol–water partition coefficient (Wildman–Crippen LogP) is 4.36. The van der Waals surface area contributed by atoms with Crippen molar-refractivity contribution in [3.8, 4) is 5.75 Å². The van der Waals surface area contributed by atoms with Gasteiger partial charge in [-0.2, -0.15) is 0 Å². The van der Waals surface area contributed by atoms with Crippen molar-refractivity contribution in [1.29, 1.82) is 0 Å². The van der Waals surface area contributed by atoms with Crippen LogP contribution < -0.4 is 15.4 Å². The second-order valence-electron chi connectivity index (χ2n) is 8.68. The van der Waals surface area contributed by atoms with Gasteiger partial charge in [0.2, 0.25) is 11.5 Å². The summed E-state index contributed by atoms with van der Waals surface area (Å²) in [6.07, 6.45) is 0. The first kappa shape index (κ1) is 28.5. The number of rotatable bonds is 10. The fourth-order valence-corrected chi connectivity index (χ4v) is 4.95. The topological polar surface area (TPSA) is 96.1 Å². The highest BCUT2D eigenvalue weighted by atomic mass is 35.5. The molecule has 3 N–H and O–H groups in total. The number of carbonyl (C=O) groups excluding carboxylic acids is 2. The molecule has 3 aromatic rings. The second-order valence-corrected chi connectivity index (χ2v) is 9.09. The Morgan fingerprint density at radius 2 is 1.73 bits per heavy atom. The molecule has 37 heavy (non-hydrogen) atoms. The number of aliphatic hydroxyl groups is 1. The summed E-state index contributed by atoms with van der Waals surface area (Å²) in [5.41, 5.74) is 5.41. The standard InChI is InChI=1S/C28H30ClN3O4.ClH/c1-3-31(4-2)14-15-32-23-17-20(26(30)33)16-22(29)25(23)28(35,27(32)34)21-12-8-9-13-24(21)36-18-19-10-6-5-7-11-19;/h5-13,16-17,35H,3-4,14-15,18H2,1-2H3,(H2,30,33);1H. The van der Waals surface area contributed by atoms with Crippen LogP contribution in [0.25, 0.3) is 0 Å². The van der Waals surface area contributed by atoms with Crippen LogP contribution in [0.3, 0.4) is 0 Å². The van der Waals surface area contributed by atoms with E-state index in [0.29, 0.717) is 24.5 Å². The van der Waals surface area contributed by atoms with Crippen LogP contribution in [0.5, 0.6) is 5.75 Å². The van der Waals surface area contributed by atoms with Crippen LogP contribution in [0.4, 0.5) is 5.69 Å². The minimum absolute atomic E-state index is 0. The third-order valence-corrected chi connectivity index (χ3v) is 6.91. The third-order valence-electron chi connectivity index (χ3n) is 6.61. The lowest BCUT2D eigenvalue weighted by molar-refractivity contribution is -0.132. The molecule has 0 bridgehead atoms. The van der Waals surface area contributed by atoms with Gasteiger partial charge in [-0.25, -0.2) is 0 Å². The van der Waals surface area contributed by atoms with E-state index in [-0.39, 0.29) is 40.7 Å². The number of primary amides is 1. The summed E-state index contributed by atoms with van der Waals surface area (Å²) in [6.45, 7) is 6.86. The smallest absolute Gasteiger partial charge is 0.268 e. The second kappa shape index (κ2) is 12.0. The Labute approximate surface area is 228 Å². The summed E-state index contributed by atoms with van der Waals surface area (Å²) in [5.74, 6) is -0.856. The minimum Gasteiger partial charge on any atom is -0.488 e. The minimum atomic E-state index is -2.10. The maximum absolute atomic E-state index is 14.0. The van der Waals surface area contributed by atoms with Gasteiger partial charge in [-0.05, 0) is 36.9 Å². The van der Waals surface area contributed by atoms with Crippen molar-refractivity contribution in [1.82, 2.24) is 4.90 Å². The predicted molar refractivity (Wildman–Crippen MR) is 148 cm³/mol. The van der Waals surface area contributed by atoms with Crippen molar-refractivity contribution in [3.05, 3.63) is 94.0 Å². The van der Waals surface area contributed by atoms with E-state index in [1.807, 2.05) is 44.2 Å². The normalized spacial score (nSPS) is 16.5. The zero-order valence-corrected chi connectivity index (χ0v) is 22.4. The largest absolute Gasteiger partial charge is 0.488 e. The lowest BCUT2D eigenvalue weighted by Crippen LogP contribution is -2.44. The number of carbonyl (C=O) groups is 2. The molecular weight excluding hydrogens is 513 g/mol. The Morgan fingerprint density at radius 1 is 1.08 bits per heavy atom. The van der Waals surface area contributed by atoms with E-state index in [2.05, 4.69) is 4.90 Å². The number of anilines is 1. The molecule has 1 heterocycles. The van der Waals surface area contributed by atoms with E-state index < -0.39 is 17.4 Å². The zero-order valence-electron chi connectivity index (χ0n) is 20.8. The first-order chi connectivity index (χ1) is 17.3. The molecule has 1 aliphatic heterocycles. The van der Waals surface area contributed by atoms with Gasteiger partial charge in [-0.15, -0.1) is 12.4 Å². The molecule has 0 saturated heterocycles. The summed E-state index contributed by atoms with van der Waals surface area (Å²) in [5, 5.41) is 12.2. The number of ether oxygens (including phenoxy) is 1. The van der Waals surface area contributed by atoms with Crippen LogP contribution in [0.2, 0.25) is 5.02 Å². The Morgan fingerprint density at radius 3 is 2.38 bits per heavy atom. The molecule has 3 aromatic carbocycles. The van der Waals surface area contributed by atoms with Crippen LogP contribution in [-0.2, 0) is 17.0 Å². The molecule has 0 aromatic heterocycles. The maximum Gasteiger partial charge on any atom is 0.268 e. The Bertz CT molecular complexity index is 1270. The maximum atomic E-state index is 14.0. The lowest BCUT2D eigenvalue weighted by atomic mass is 9.86. The molecule has 7 nitrogen and oxygen atoms in total. The molecule has 1 atom stereocenters. The molecule has 0 radical (unpaired) electrons. The van der Waals surface area contributed by atoms with Crippen molar-refractivity contribution >= 4 is 41.5 Å². The van der Waals surface area contributed by atoms with Crippen LogP contribution in [0.1, 0.15) is 40.9 Å². The van der Waals surface area contributed by atoms with Crippen molar-refractivity contribution in [2.75, 3.05) is 31.1 Å². The van der Waals surface area contributed by atoms with Crippen LogP contribution in [-0.4, -0.2) is 48.0 Å². The molecule has 4 rings (SSSR count). The van der Waals surface area contributed by atoms with Gasteiger partial charge < -0.3 is 25.4 Å². The number of likely N-dealkylation sites (N-methyl/N-ethyl adjacent to an activating group) is 1. The Balaban J connectivity index is 0.00000380. The van der Waals surface area contributed by atoms with Gasteiger partial charge in [0.15, 0.2) is 0 Å². The molecule has 0 spiro atoms. The number of hydrogen-bond donors (Lipinski definition) is 2. The van der Waals surface area contributed by atoms with Crippen molar-refractivity contribution in [2.24, 2.45) is 5.73 Å². The number of para-hydroxylation sites is 1. The monoisotopic (exact) mass is 543 g/mol. The summed E-state index contributed by atoms with van der Waals surface area (Å²) in [6, 6.07) is 19.4. The van der Waals surface area contributed by atoms with Gasteiger partial charge in [-0.3, -0.25) is 9.59 Å². The van der Waals surface area contributed by atoms with E-state index in [9.17, 15) is 14.7 Å². The van der Waals surface area contributed by atoms with Crippen molar-refractivity contribution in [2.45, 2.75) is 26.1 Å². The first-order valence-electron chi connectivity index (χ1n) is 12.0. The van der Waals surface area contributed by atoms with Gasteiger partial charge in [0.1, 0.15) is 12.4 Å². The van der Waals surface area contributed by atoms with Crippen LogP contribution in [0.15, 0.2) is 66.7 Å². The SMILES string of the molecule is CCN(CC)CCN1C(=O)C(O)(c2ccccc2OCc2ccccc2)c2c(Cl)cc(C(N)=O)cc21.Cl. The summed E-state index contributed by atoms with van der Waals surface area (Å²) < 4.78 is 6.08. The summed E-state index contributed by atoms with van der Waals surface area (Å²) in [4.78, 5) is 29.6. The molecule has 1 unspecified atom stereocenters. The molecule has 196 valence electrons. The lowest BCUT2D eigenvalue weighted by Gasteiger charge is -2.27. The van der Waals surface area contributed by atoms with E-state index in [0.717, 1.165) is 18.7 Å². The third kappa shape index (κ3) is 5.45. The Hall–Kier alpha value is -3.10. The average molecular weight is 544 g/mol.